The maximum atomic E-state index is 8.93. The highest BCUT2D eigenvalue weighted by molar-refractivity contribution is 5.42. The van der Waals surface area contributed by atoms with Gasteiger partial charge in [-0.25, -0.2) is 4.98 Å². The maximum Gasteiger partial charge on any atom is 0.147 e. The minimum Gasteiger partial charge on any atom is -0.396 e. The Kier molecular flexibility index (Phi) is 4.49. The molecule has 0 radical (unpaired) electrons. The van der Waals surface area contributed by atoms with E-state index in [0.29, 0.717) is 6.42 Å². The van der Waals surface area contributed by atoms with Crippen LogP contribution in [0, 0.1) is 0 Å². The molecular formula is C11H20N4O. The number of aliphatic hydroxyl groups is 1. The predicted molar refractivity (Wildman–Crippen MR) is 65.6 cm³/mol. The van der Waals surface area contributed by atoms with E-state index in [1.165, 1.54) is 0 Å². The highest BCUT2D eigenvalue weighted by atomic mass is 16.3. The van der Waals surface area contributed by atoms with Gasteiger partial charge in [0.2, 0.25) is 0 Å². The van der Waals surface area contributed by atoms with Crippen molar-refractivity contribution in [3.63, 3.8) is 0 Å². The van der Waals surface area contributed by atoms with E-state index >= 15 is 0 Å². The van der Waals surface area contributed by atoms with Crippen molar-refractivity contribution in [2.75, 3.05) is 23.8 Å². The minimum absolute atomic E-state index is 0.153. The van der Waals surface area contributed by atoms with Gasteiger partial charge in [0, 0.05) is 18.7 Å². The van der Waals surface area contributed by atoms with Crippen LogP contribution in [0.3, 0.4) is 0 Å². The number of anilines is 2. The van der Waals surface area contributed by atoms with Gasteiger partial charge in [-0.2, -0.15) is 0 Å². The Morgan fingerprint density at radius 2 is 2.00 bits per heavy atom. The summed E-state index contributed by atoms with van der Waals surface area (Å²) < 4.78 is 0. The number of rotatable bonds is 6. The molecule has 5 nitrogen and oxygen atoms in total. The molecule has 90 valence electrons. The summed E-state index contributed by atoms with van der Waals surface area (Å²) in [5.41, 5.74) is -0.186. The Balaban J connectivity index is 2.69. The monoisotopic (exact) mass is 224 g/mol. The Morgan fingerprint density at radius 1 is 1.31 bits per heavy atom. The lowest BCUT2D eigenvalue weighted by molar-refractivity contribution is 0.260. The van der Waals surface area contributed by atoms with E-state index < -0.39 is 0 Å². The second-order valence-electron chi connectivity index (χ2n) is 4.30. The van der Waals surface area contributed by atoms with Crippen molar-refractivity contribution in [2.45, 2.75) is 32.7 Å². The average molecular weight is 224 g/mol. The zero-order chi connectivity index (χ0) is 12.0. The number of hydrogen-bond acceptors (Lipinski definition) is 5. The third kappa shape index (κ3) is 4.02. The van der Waals surface area contributed by atoms with Gasteiger partial charge in [0.1, 0.15) is 11.6 Å². The molecule has 1 heterocycles. The fraction of sp³-hybridized carbons (Fsp3) is 0.636. The lowest BCUT2D eigenvalue weighted by atomic mass is 10.0. The summed E-state index contributed by atoms with van der Waals surface area (Å²) in [7, 11) is 0. The number of nitrogens with zero attached hydrogens (tertiary/aromatic N) is 2. The van der Waals surface area contributed by atoms with Crippen LogP contribution in [-0.4, -0.2) is 33.8 Å². The van der Waals surface area contributed by atoms with Gasteiger partial charge in [0.25, 0.3) is 0 Å². The van der Waals surface area contributed by atoms with Crippen molar-refractivity contribution in [1.82, 2.24) is 9.97 Å². The minimum atomic E-state index is -0.186. The van der Waals surface area contributed by atoms with Gasteiger partial charge < -0.3 is 15.7 Å². The van der Waals surface area contributed by atoms with E-state index in [1.807, 2.05) is 20.8 Å². The fourth-order valence-corrected chi connectivity index (χ4v) is 1.38. The van der Waals surface area contributed by atoms with Crippen molar-refractivity contribution in [3.8, 4) is 0 Å². The molecule has 1 rings (SSSR count). The number of aromatic nitrogens is 2. The molecule has 0 fully saturated rings. The molecular weight excluding hydrogens is 204 g/mol. The summed E-state index contributed by atoms with van der Waals surface area (Å²) in [4.78, 5) is 8.46. The third-order valence-electron chi connectivity index (χ3n) is 2.20. The van der Waals surface area contributed by atoms with Gasteiger partial charge in [-0.1, -0.05) is 0 Å². The van der Waals surface area contributed by atoms with E-state index in [2.05, 4.69) is 20.6 Å². The zero-order valence-corrected chi connectivity index (χ0v) is 10.1. The molecule has 0 unspecified atom stereocenters. The summed E-state index contributed by atoms with van der Waals surface area (Å²) >= 11 is 0. The summed E-state index contributed by atoms with van der Waals surface area (Å²) in [6.07, 6.45) is 4.04. The van der Waals surface area contributed by atoms with E-state index in [9.17, 15) is 0 Å². The molecule has 1 aromatic heterocycles. The van der Waals surface area contributed by atoms with E-state index in [4.69, 9.17) is 5.11 Å². The first-order valence-corrected chi connectivity index (χ1v) is 5.52. The molecule has 5 heteroatoms. The fourth-order valence-electron chi connectivity index (χ4n) is 1.38. The van der Waals surface area contributed by atoms with Crippen LogP contribution in [0.25, 0.3) is 0 Å². The summed E-state index contributed by atoms with van der Waals surface area (Å²) in [6.45, 7) is 7.02. The first-order valence-electron chi connectivity index (χ1n) is 5.52. The zero-order valence-electron chi connectivity index (χ0n) is 10.1. The van der Waals surface area contributed by atoms with E-state index in [1.54, 1.807) is 12.4 Å². The van der Waals surface area contributed by atoms with E-state index in [0.717, 1.165) is 18.2 Å². The summed E-state index contributed by atoms with van der Waals surface area (Å²) in [5.74, 6) is 1.48. The largest absolute Gasteiger partial charge is 0.396 e. The molecule has 0 saturated carbocycles. The molecule has 0 amide bonds. The van der Waals surface area contributed by atoms with Gasteiger partial charge in [-0.05, 0) is 27.2 Å². The number of aliphatic hydroxyl groups excluding tert-OH is 1. The molecule has 3 N–H and O–H groups in total. The first-order chi connectivity index (χ1) is 7.57. The molecule has 0 atom stereocenters. The van der Waals surface area contributed by atoms with Crippen LogP contribution in [0.15, 0.2) is 12.4 Å². The van der Waals surface area contributed by atoms with Crippen molar-refractivity contribution in [3.05, 3.63) is 12.4 Å². The van der Waals surface area contributed by atoms with Gasteiger partial charge >= 0.3 is 0 Å². The van der Waals surface area contributed by atoms with Crippen molar-refractivity contribution in [2.24, 2.45) is 0 Å². The third-order valence-corrected chi connectivity index (χ3v) is 2.20. The SMILES string of the molecule is CCNc1cncc(NC(C)(C)CCO)n1. The maximum absolute atomic E-state index is 8.93. The van der Waals surface area contributed by atoms with Crippen LogP contribution in [0.5, 0.6) is 0 Å². The Morgan fingerprint density at radius 3 is 2.62 bits per heavy atom. The second-order valence-corrected chi connectivity index (χ2v) is 4.30. The Hall–Kier alpha value is -1.36. The van der Waals surface area contributed by atoms with Crippen LogP contribution < -0.4 is 10.6 Å². The molecule has 0 aliphatic heterocycles. The van der Waals surface area contributed by atoms with Crippen LogP contribution in [0.2, 0.25) is 0 Å². The molecule has 0 saturated heterocycles. The predicted octanol–water partition coefficient (Wildman–Crippen LogP) is 1.48. The van der Waals surface area contributed by atoms with E-state index in [-0.39, 0.29) is 12.1 Å². The number of nitrogens with one attached hydrogen (secondary N) is 2. The van der Waals surface area contributed by atoms with Crippen LogP contribution >= 0.6 is 0 Å². The molecule has 0 spiro atoms. The molecule has 0 aliphatic rings. The lowest BCUT2D eigenvalue weighted by Crippen LogP contribution is -2.32. The lowest BCUT2D eigenvalue weighted by Gasteiger charge is -2.25. The van der Waals surface area contributed by atoms with Crippen molar-refractivity contribution in [1.29, 1.82) is 0 Å². The highest BCUT2D eigenvalue weighted by Gasteiger charge is 2.17. The quantitative estimate of drug-likeness (QED) is 0.683. The highest BCUT2D eigenvalue weighted by Crippen LogP contribution is 2.16. The molecule has 0 aromatic carbocycles. The molecule has 0 bridgehead atoms. The van der Waals surface area contributed by atoms with Gasteiger partial charge in [-0.15, -0.1) is 0 Å². The summed E-state index contributed by atoms with van der Waals surface area (Å²) in [6, 6.07) is 0. The average Bonchev–Trinajstić information content (AvgIpc) is 2.17. The smallest absolute Gasteiger partial charge is 0.147 e. The standard InChI is InChI=1S/C11H20N4O/c1-4-13-9-7-12-8-10(14-9)15-11(2,3)5-6-16/h7-8,16H,4-6H2,1-3H3,(H2,13,14,15). The Bertz CT molecular complexity index is 328. The van der Waals surface area contributed by atoms with Crippen LogP contribution in [0.4, 0.5) is 11.6 Å². The normalized spacial score (nSPS) is 11.2. The van der Waals surface area contributed by atoms with Crippen LogP contribution in [0.1, 0.15) is 27.2 Å². The van der Waals surface area contributed by atoms with Crippen molar-refractivity contribution >= 4 is 11.6 Å². The van der Waals surface area contributed by atoms with Gasteiger partial charge in [-0.3, -0.25) is 4.98 Å². The van der Waals surface area contributed by atoms with Gasteiger partial charge in [0.15, 0.2) is 0 Å². The van der Waals surface area contributed by atoms with Gasteiger partial charge in [0.05, 0.1) is 12.4 Å². The molecule has 16 heavy (non-hydrogen) atoms. The number of hydrogen-bond donors (Lipinski definition) is 3. The van der Waals surface area contributed by atoms with Crippen molar-refractivity contribution < 1.29 is 5.11 Å². The Labute approximate surface area is 96.3 Å². The second kappa shape index (κ2) is 5.65. The first kappa shape index (κ1) is 12.7. The molecule has 1 aromatic rings. The summed E-state index contributed by atoms with van der Waals surface area (Å²) in [5, 5.41) is 15.3. The molecule has 0 aliphatic carbocycles. The topological polar surface area (TPSA) is 70.1 Å². The van der Waals surface area contributed by atoms with Crippen LogP contribution in [-0.2, 0) is 0 Å².